The van der Waals surface area contributed by atoms with Gasteiger partial charge in [0.2, 0.25) is 0 Å². The zero-order valence-corrected chi connectivity index (χ0v) is 30.3. The molecule has 6 nitrogen and oxygen atoms in total. The zero-order chi connectivity index (χ0) is 37.5. The molecule has 0 spiro atoms. The van der Waals surface area contributed by atoms with Gasteiger partial charge in [-0.3, -0.25) is 0 Å². The third-order valence-electron chi connectivity index (χ3n) is 10.9. The van der Waals surface area contributed by atoms with Crippen LogP contribution in [0.2, 0.25) is 0 Å². The molecule has 0 aliphatic rings. The van der Waals surface area contributed by atoms with E-state index < -0.39 is 0 Å². The van der Waals surface area contributed by atoms with Crippen molar-refractivity contribution in [3.8, 4) is 56.4 Å². The summed E-state index contributed by atoms with van der Waals surface area (Å²) >= 11 is 0. The summed E-state index contributed by atoms with van der Waals surface area (Å²) in [5.41, 5.74) is 11.6. The first-order valence-electron chi connectivity index (χ1n) is 18.9. The molecule has 0 bridgehead atoms. The number of hydrogen-bond acceptors (Lipinski definition) is 6. The van der Waals surface area contributed by atoms with Crippen LogP contribution in [0.15, 0.2) is 189 Å². The lowest BCUT2D eigenvalue weighted by Gasteiger charge is -2.10. The molecule has 0 unspecified atom stereocenters. The van der Waals surface area contributed by atoms with Crippen LogP contribution in [0.3, 0.4) is 0 Å². The molecule has 0 aliphatic carbocycles. The largest absolute Gasteiger partial charge is 0.456 e. The van der Waals surface area contributed by atoms with Crippen LogP contribution in [-0.2, 0) is 0 Å². The molecule has 0 N–H and O–H groups in total. The van der Waals surface area contributed by atoms with Crippen molar-refractivity contribution >= 4 is 65.8 Å². The van der Waals surface area contributed by atoms with Gasteiger partial charge in [-0.2, -0.15) is 0 Å². The van der Waals surface area contributed by atoms with Gasteiger partial charge in [-0.15, -0.1) is 0 Å². The van der Waals surface area contributed by atoms with E-state index in [-0.39, 0.29) is 0 Å². The van der Waals surface area contributed by atoms with Crippen LogP contribution in [0.4, 0.5) is 0 Å². The molecule has 4 aromatic heterocycles. The third kappa shape index (κ3) is 5.01. The number of benzene rings is 8. The summed E-state index contributed by atoms with van der Waals surface area (Å²) in [6.07, 6.45) is 0. The van der Waals surface area contributed by atoms with E-state index in [0.29, 0.717) is 23.1 Å². The highest BCUT2D eigenvalue weighted by Gasteiger charge is 2.22. The Kier molecular flexibility index (Phi) is 6.83. The number of nitrogens with zero attached hydrogens (tertiary/aromatic N) is 3. The molecule has 0 saturated heterocycles. The molecule has 0 saturated carbocycles. The second-order valence-corrected chi connectivity index (χ2v) is 14.3. The van der Waals surface area contributed by atoms with Gasteiger partial charge in [-0.25, -0.2) is 15.0 Å². The summed E-state index contributed by atoms with van der Waals surface area (Å²) in [6.45, 7) is 0. The highest BCUT2D eigenvalue weighted by Crippen LogP contribution is 2.45. The van der Waals surface area contributed by atoms with Crippen molar-refractivity contribution < 1.29 is 13.3 Å². The maximum atomic E-state index is 6.84. The Morgan fingerprint density at radius 3 is 1.67 bits per heavy atom. The van der Waals surface area contributed by atoms with Crippen molar-refractivity contribution in [2.24, 2.45) is 0 Å². The molecule has 4 heterocycles. The number of fused-ring (bicyclic) bond motifs is 9. The lowest BCUT2D eigenvalue weighted by atomic mass is 9.92. The maximum Gasteiger partial charge on any atom is 0.167 e. The second kappa shape index (κ2) is 12.3. The molecule has 0 fully saturated rings. The lowest BCUT2D eigenvalue weighted by Crippen LogP contribution is -2.00. The first kappa shape index (κ1) is 31.5. The normalized spacial score (nSPS) is 11.9. The minimum absolute atomic E-state index is 0.518. The Balaban J connectivity index is 1.09. The topological polar surface area (TPSA) is 78.1 Å². The third-order valence-corrected chi connectivity index (χ3v) is 10.9. The van der Waals surface area contributed by atoms with E-state index in [4.69, 9.17) is 28.2 Å². The average Bonchev–Trinajstić information content (AvgIpc) is 3.97. The van der Waals surface area contributed by atoms with Gasteiger partial charge in [0.1, 0.15) is 33.5 Å². The number of rotatable bonds is 5. The first-order chi connectivity index (χ1) is 28.2. The van der Waals surface area contributed by atoms with E-state index in [1.54, 1.807) is 0 Å². The van der Waals surface area contributed by atoms with Crippen LogP contribution < -0.4 is 0 Å². The van der Waals surface area contributed by atoms with Crippen molar-refractivity contribution in [1.29, 1.82) is 0 Å². The summed E-state index contributed by atoms with van der Waals surface area (Å²) in [7, 11) is 0. The van der Waals surface area contributed by atoms with Gasteiger partial charge in [0.05, 0.1) is 5.56 Å². The summed E-state index contributed by atoms with van der Waals surface area (Å²) in [4.78, 5) is 15.2. The molecule has 6 heteroatoms. The smallest absolute Gasteiger partial charge is 0.167 e. The highest BCUT2D eigenvalue weighted by atomic mass is 16.3. The summed E-state index contributed by atoms with van der Waals surface area (Å²) in [5.74, 6) is 1.63. The van der Waals surface area contributed by atoms with Crippen LogP contribution >= 0.6 is 0 Å². The van der Waals surface area contributed by atoms with E-state index in [9.17, 15) is 0 Å². The van der Waals surface area contributed by atoms with Crippen molar-refractivity contribution in [3.63, 3.8) is 0 Å². The van der Waals surface area contributed by atoms with Gasteiger partial charge in [-0.05, 0) is 70.8 Å². The fraction of sp³-hybridized carbons (Fsp3) is 0. The predicted molar refractivity (Wildman–Crippen MR) is 229 cm³/mol. The summed E-state index contributed by atoms with van der Waals surface area (Å²) in [5, 5.41) is 6.24. The minimum Gasteiger partial charge on any atom is -0.456 e. The van der Waals surface area contributed by atoms with Gasteiger partial charge in [0.15, 0.2) is 17.5 Å². The Labute approximate surface area is 325 Å². The average molecular weight is 732 g/mol. The molecule has 0 amide bonds. The maximum absolute atomic E-state index is 6.84. The number of hydrogen-bond donors (Lipinski definition) is 0. The molecule has 0 atom stereocenters. The fourth-order valence-electron chi connectivity index (χ4n) is 8.32. The van der Waals surface area contributed by atoms with Gasteiger partial charge in [0.25, 0.3) is 0 Å². The van der Waals surface area contributed by atoms with Crippen LogP contribution in [0.1, 0.15) is 0 Å². The first-order valence-corrected chi connectivity index (χ1v) is 18.9. The number of para-hydroxylation sites is 3. The predicted octanol–water partition coefficient (Wildman–Crippen LogP) is 13.9. The van der Waals surface area contributed by atoms with Crippen molar-refractivity contribution in [1.82, 2.24) is 15.0 Å². The van der Waals surface area contributed by atoms with E-state index in [1.807, 2.05) is 84.9 Å². The molecular formula is C51H29N3O3. The van der Waals surface area contributed by atoms with Crippen LogP contribution in [0, 0.1) is 0 Å². The number of aromatic nitrogens is 3. The Morgan fingerprint density at radius 1 is 0.281 bits per heavy atom. The standard InChI is InChI=1S/C51H29N3O3/c1-3-13-30(14-4-1)33-27-40(47-37-18-8-10-23-42(37)56-45(47)29-33)36-19-12-24-43-46(36)38-20-11-21-39(48(38)57-43)51-53-49(31-15-5-2-6-16-31)52-50(54-51)32-25-26-35-34-17-7-9-22-41(34)55-44(35)28-32/h1-29H. The van der Waals surface area contributed by atoms with Crippen LogP contribution in [-0.4, -0.2) is 15.0 Å². The fourth-order valence-corrected chi connectivity index (χ4v) is 8.32. The highest BCUT2D eigenvalue weighted by molar-refractivity contribution is 6.21. The van der Waals surface area contributed by atoms with Gasteiger partial charge >= 0.3 is 0 Å². The quantitative estimate of drug-likeness (QED) is 0.175. The molecule has 12 rings (SSSR count). The van der Waals surface area contributed by atoms with Crippen molar-refractivity contribution in [2.75, 3.05) is 0 Å². The van der Waals surface area contributed by atoms with Gasteiger partial charge in [-0.1, -0.05) is 127 Å². The molecule has 0 aliphatic heterocycles. The Morgan fingerprint density at radius 2 is 0.842 bits per heavy atom. The van der Waals surface area contributed by atoms with Crippen molar-refractivity contribution in [3.05, 3.63) is 176 Å². The molecule has 57 heavy (non-hydrogen) atoms. The zero-order valence-electron chi connectivity index (χ0n) is 30.3. The van der Waals surface area contributed by atoms with Crippen LogP contribution in [0.25, 0.3) is 122 Å². The lowest BCUT2D eigenvalue weighted by molar-refractivity contribution is 0.668. The Hall–Kier alpha value is -7.83. The van der Waals surface area contributed by atoms with Crippen LogP contribution in [0.5, 0.6) is 0 Å². The second-order valence-electron chi connectivity index (χ2n) is 14.3. The van der Waals surface area contributed by atoms with E-state index in [0.717, 1.165) is 99.2 Å². The monoisotopic (exact) mass is 731 g/mol. The summed E-state index contributed by atoms with van der Waals surface area (Å²) < 4.78 is 19.6. The SMILES string of the molecule is c1ccc(-c2cc(-c3cccc4oc5c(-c6nc(-c7ccccc7)nc(-c7ccc8c(c7)oc7ccccc78)n6)cccc5c34)c3c(c2)oc2ccccc23)cc1. The molecule has 0 radical (unpaired) electrons. The van der Waals surface area contributed by atoms with E-state index in [1.165, 1.54) is 0 Å². The Bertz CT molecular complexity index is 3530. The molecule has 12 aromatic rings. The van der Waals surface area contributed by atoms with Crippen molar-refractivity contribution in [2.45, 2.75) is 0 Å². The molecule has 266 valence electrons. The van der Waals surface area contributed by atoms with E-state index in [2.05, 4.69) is 91.0 Å². The van der Waals surface area contributed by atoms with E-state index >= 15 is 0 Å². The minimum atomic E-state index is 0.518. The molecular weight excluding hydrogens is 703 g/mol. The van der Waals surface area contributed by atoms with Gasteiger partial charge < -0.3 is 13.3 Å². The molecule has 8 aromatic carbocycles. The summed E-state index contributed by atoms with van der Waals surface area (Å²) in [6, 6.07) is 59.8. The van der Waals surface area contributed by atoms with Gasteiger partial charge in [0, 0.05) is 43.4 Å². The number of furan rings is 3.